The molecular formula is C13H27N3. The monoisotopic (exact) mass is 225 g/mol. The first-order valence-corrected chi connectivity index (χ1v) is 6.84. The van der Waals surface area contributed by atoms with Gasteiger partial charge in [-0.1, -0.05) is 12.8 Å². The van der Waals surface area contributed by atoms with Crippen LogP contribution in [0.5, 0.6) is 0 Å². The molecule has 3 nitrogen and oxygen atoms in total. The molecule has 1 N–H and O–H groups in total. The lowest BCUT2D eigenvalue weighted by Gasteiger charge is -2.47. The maximum absolute atomic E-state index is 3.53. The van der Waals surface area contributed by atoms with Crippen molar-refractivity contribution in [1.82, 2.24) is 15.1 Å². The van der Waals surface area contributed by atoms with E-state index in [1.54, 1.807) is 0 Å². The predicted molar refractivity (Wildman–Crippen MR) is 68.8 cm³/mol. The minimum Gasteiger partial charge on any atom is -0.315 e. The van der Waals surface area contributed by atoms with E-state index < -0.39 is 0 Å². The normalized spacial score (nSPS) is 38.8. The van der Waals surface area contributed by atoms with Crippen LogP contribution in [0.3, 0.4) is 0 Å². The summed E-state index contributed by atoms with van der Waals surface area (Å²) in [5, 5.41) is 3.53. The zero-order valence-corrected chi connectivity index (χ0v) is 11.1. The van der Waals surface area contributed by atoms with Crippen LogP contribution in [-0.4, -0.2) is 61.7 Å². The quantitative estimate of drug-likeness (QED) is 0.760. The lowest BCUT2D eigenvalue weighted by molar-refractivity contribution is 0.0315. The Morgan fingerprint density at radius 1 is 1.12 bits per heavy atom. The Kier molecular flexibility index (Phi) is 4.22. The molecule has 0 radical (unpaired) electrons. The molecule has 1 heterocycles. The van der Waals surface area contributed by atoms with Gasteiger partial charge in [-0.3, -0.25) is 4.90 Å². The predicted octanol–water partition coefficient (Wildman–Crippen LogP) is 1.15. The highest BCUT2D eigenvalue weighted by atomic mass is 15.3. The van der Waals surface area contributed by atoms with Gasteiger partial charge in [0.1, 0.15) is 0 Å². The van der Waals surface area contributed by atoms with Crippen molar-refractivity contribution in [2.75, 3.05) is 33.7 Å². The SMILES string of the molecule is CNC1CCCCC1N1CCN(C)CC1C. The Hall–Kier alpha value is -0.120. The van der Waals surface area contributed by atoms with Crippen molar-refractivity contribution in [3.05, 3.63) is 0 Å². The number of rotatable bonds is 2. The van der Waals surface area contributed by atoms with Crippen molar-refractivity contribution in [3.63, 3.8) is 0 Å². The van der Waals surface area contributed by atoms with E-state index in [0.717, 1.165) is 18.1 Å². The van der Waals surface area contributed by atoms with Crippen LogP contribution < -0.4 is 5.32 Å². The fourth-order valence-electron chi connectivity index (χ4n) is 3.49. The molecule has 0 aromatic rings. The zero-order valence-electron chi connectivity index (χ0n) is 11.1. The topological polar surface area (TPSA) is 18.5 Å². The summed E-state index contributed by atoms with van der Waals surface area (Å²) < 4.78 is 0. The molecule has 0 amide bonds. The van der Waals surface area contributed by atoms with Crippen LogP contribution in [0.1, 0.15) is 32.6 Å². The minimum atomic E-state index is 0.720. The molecule has 1 aliphatic heterocycles. The fraction of sp³-hybridized carbons (Fsp3) is 1.00. The Balaban J connectivity index is 1.98. The Morgan fingerprint density at radius 2 is 1.88 bits per heavy atom. The lowest BCUT2D eigenvalue weighted by atomic mass is 9.88. The molecule has 1 saturated heterocycles. The van der Waals surface area contributed by atoms with Gasteiger partial charge in [-0.05, 0) is 33.9 Å². The molecule has 1 saturated carbocycles. The second kappa shape index (κ2) is 5.48. The summed E-state index contributed by atoms with van der Waals surface area (Å²) in [5.74, 6) is 0. The third kappa shape index (κ3) is 2.58. The third-order valence-corrected chi connectivity index (χ3v) is 4.41. The summed E-state index contributed by atoms with van der Waals surface area (Å²) in [7, 11) is 4.37. The van der Waals surface area contributed by atoms with E-state index in [2.05, 4.69) is 36.1 Å². The highest BCUT2D eigenvalue weighted by Gasteiger charge is 2.33. The zero-order chi connectivity index (χ0) is 11.5. The van der Waals surface area contributed by atoms with Gasteiger partial charge in [-0.2, -0.15) is 0 Å². The van der Waals surface area contributed by atoms with E-state index in [-0.39, 0.29) is 0 Å². The van der Waals surface area contributed by atoms with Crippen LogP contribution in [0.25, 0.3) is 0 Å². The lowest BCUT2D eigenvalue weighted by Crippen LogP contribution is -2.60. The Bertz CT molecular complexity index is 219. The van der Waals surface area contributed by atoms with Crippen LogP contribution in [-0.2, 0) is 0 Å². The smallest absolute Gasteiger partial charge is 0.0253 e. The molecule has 0 bridgehead atoms. The molecule has 2 aliphatic rings. The number of hydrogen-bond acceptors (Lipinski definition) is 3. The summed E-state index contributed by atoms with van der Waals surface area (Å²) in [5.41, 5.74) is 0. The summed E-state index contributed by atoms with van der Waals surface area (Å²) in [6, 6.07) is 2.22. The van der Waals surface area contributed by atoms with Crippen LogP contribution in [0.15, 0.2) is 0 Å². The van der Waals surface area contributed by atoms with Crippen LogP contribution in [0.4, 0.5) is 0 Å². The first-order valence-electron chi connectivity index (χ1n) is 6.84. The maximum Gasteiger partial charge on any atom is 0.0253 e. The van der Waals surface area contributed by atoms with Gasteiger partial charge in [0.05, 0.1) is 0 Å². The van der Waals surface area contributed by atoms with E-state index >= 15 is 0 Å². The summed E-state index contributed by atoms with van der Waals surface area (Å²) in [6.07, 6.45) is 5.58. The maximum atomic E-state index is 3.53. The van der Waals surface area contributed by atoms with Gasteiger partial charge in [0.25, 0.3) is 0 Å². The molecule has 3 unspecified atom stereocenters. The average Bonchev–Trinajstić information content (AvgIpc) is 2.29. The van der Waals surface area contributed by atoms with Crippen molar-refractivity contribution in [1.29, 1.82) is 0 Å². The van der Waals surface area contributed by atoms with Crippen molar-refractivity contribution >= 4 is 0 Å². The molecule has 1 aliphatic carbocycles. The molecule has 16 heavy (non-hydrogen) atoms. The fourth-order valence-corrected chi connectivity index (χ4v) is 3.49. The molecule has 3 heteroatoms. The standard InChI is InChI=1S/C13H27N3/c1-11-10-15(3)8-9-16(11)13-7-5-4-6-12(13)14-2/h11-14H,4-10H2,1-3H3. The number of likely N-dealkylation sites (N-methyl/N-ethyl adjacent to an activating group) is 2. The molecule has 0 aromatic carbocycles. The second-order valence-corrected chi connectivity index (χ2v) is 5.60. The Morgan fingerprint density at radius 3 is 2.56 bits per heavy atom. The second-order valence-electron chi connectivity index (χ2n) is 5.60. The first kappa shape index (κ1) is 12.3. The van der Waals surface area contributed by atoms with Crippen LogP contribution >= 0.6 is 0 Å². The van der Waals surface area contributed by atoms with Gasteiger partial charge in [-0.15, -0.1) is 0 Å². The molecule has 0 spiro atoms. The van der Waals surface area contributed by atoms with E-state index in [4.69, 9.17) is 0 Å². The molecule has 2 rings (SSSR count). The van der Waals surface area contributed by atoms with Crippen LogP contribution in [0, 0.1) is 0 Å². The van der Waals surface area contributed by atoms with Crippen molar-refractivity contribution in [2.24, 2.45) is 0 Å². The van der Waals surface area contributed by atoms with Gasteiger partial charge < -0.3 is 10.2 Å². The largest absolute Gasteiger partial charge is 0.315 e. The Labute approximate surface area is 100 Å². The van der Waals surface area contributed by atoms with E-state index in [0.29, 0.717) is 0 Å². The number of hydrogen-bond donors (Lipinski definition) is 1. The molecule has 94 valence electrons. The number of piperazine rings is 1. The van der Waals surface area contributed by atoms with Crippen molar-refractivity contribution < 1.29 is 0 Å². The molecule has 0 aromatic heterocycles. The van der Waals surface area contributed by atoms with Gasteiger partial charge >= 0.3 is 0 Å². The first-order chi connectivity index (χ1) is 7.72. The van der Waals surface area contributed by atoms with Gasteiger partial charge in [0, 0.05) is 37.8 Å². The van der Waals surface area contributed by atoms with E-state index in [1.165, 1.54) is 45.3 Å². The number of nitrogens with one attached hydrogen (secondary N) is 1. The summed E-state index contributed by atoms with van der Waals surface area (Å²) >= 11 is 0. The minimum absolute atomic E-state index is 0.720. The van der Waals surface area contributed by atoms with Crippen molar-refractivity contribution in [3.8, 4) is 0 Å². The molecule has 3 atom stereocenters. The summed E-state index contributed by atoms with van der Waals surface area (Å²) in [4.78, 5) is 5.21. The summed E-state index contributed by atoms with van der Waals surface area (Å²) in [6.45, 7) is 6.10. The third-order valence-electron chi connectivity index (χ3n) is 4.41. The van der Waals surface area contributed by atoms with Gasteiger partial charge in [0.2, 0.25) is 0 Å². The van der Waals surface area contributed by atoms with Crippen molar-refractivity contribution in [2.45, 2.75) is 50.7 Å². The van der Waals surface area contributed by atoms with E-state index in [9.17, 15) is 0 Å². The van der Waals surface area contributed by atoms with Crippen LogP contribution in [0.2, 0.25) is 0 Å². The molecule has 2 fully saturated rings. The van der Waals surface area contributed by atoms with E-state index in [1.807, 2.05) is 0 Å². The van der Waals surface area contributed by atoms with Gasteiger partial charge in [0.15, 0.2) is 0 Å². The highest BCUT2D eigenvalue weighted by Crippen LogP contribution is 2.26. The average molecular weight is 225 g/mol. The van der Waals surface area contributed by atoms with Gasteiger partial charge in [-0.25, -0.2) is 0 Å². The highest BCUT2D eigenvalue weighted by molar-refractivity contribution is 4.92. The molecular weight excluding hydrogens is 198 g/mol. The number of nitrogens with zero attached hydrogens (tertiary/aromatic N) is 2.